The maximum Gasteiger partial charge on any atom is 0.0494 e. The summed E-state index contributed by atoms with van der Waals surface area (Å²) in [5.74, 6) is 0.613. The first-order chi connectivity index (χ1) is 9.28. The van der Waals surface area contributed by atoms with E-state index in [-0.39, 0.29) is 0 Å². The molecular weight excluding hydrogens is 256 g/mol. The van der Waals surface area contributed by atoms with Crippen LogP contribution in [0.25, 0.3) is 0 Å². The molecule has 104 valence electrons. The van der Waals surface area contributed by atoms with E-state index in [2.05, 4.69) is 34.9 Å². The molecule has 0 aliphatic carbocycles. The normalized spacial score (nSPS) is 24.3. The van der Waals surface area contributed by atoms with Gasteiger partial charge in [0, 0.05) is 37.2 Å². The number of hydrogen-bond acceptors (Lipinski definition) is 2. The van der Waals surface area contributed by atoms with Crippen LogP contribution in [0.15, 0.2) is 18.2 Å². The number of hydrogen-bond donors (Lipinski definition) is 0. The van der Waals surface area contributed by atoms with Crippen LogP contribution in [0.1, 0.15) is 30.4 Å². The van der Waals surface area contributed by atoms with Gasteiger partial charge in [-0.3, -0.25) is 4.90 Å². The lowest BCUT2D eigenvalue weighted by Crippen LogP contribution is -2.36. The minimum atomic E-state index is 0.613. The van der Waals surface area contributed by atoms with E-state index in [1.807, 2.05) is 0 Å². The van der Waals surface area contributed by atoms with Crippen molar-refractivity contribution in [3.8, 4) is 0 Å². The molecule has 2 nitrogen and oxygen atoms in total. The van der Waals surface area contributed by atoms with Crippen molar-refractivity contribution in [1.82, 2.24) is 4.90 Å². The van der Waals surface area contributed by atoms with Gasteiger partial charge < -0.3 is 4.90 Å². The number of anilines is 1. The zero-order valence-corrected chi connectivity index (χ0v) is 12.5. The average molecular weight is 279 g/mol. The molecule has 3 rings (SSSR count). The minimum absolute atomic E-state index is 0.613. The summed E-state index contributed by atoms with van der Waals surface area (Å²) in [6.07, 6.45) is 4.00. The number of alkyl halides is 1. The first kappa shape index (κ1) is 13.3. The Morgan fingerprint density at radius 3 is 2.89 bits per heavy atom. The Kier molecular flexibility index (Phi) is 3.99. The molecular formula is C16H23ClN2. The molecule has 0 saturated carbocycles. The highest BCUT2D eigenvalue weighted by Gasteiger charge is 2.29. The van der Waals surface area contributed by atoms with E-state index >= 15 is 0 Å². The Morgan fingerprint density at radius 1 is 1.21 bits per heavy atom. The molecule has 1 atom stereocenters. The molecule has 1 aromatic rings. The van der Waals surface area contributed by atoms with Gasteiger partial charge in [-0.15, -0.1) is 11.6 Å². The summed E-state index contributed by atoms with van der Waals surface area (Å²) in [7, 11) is 0. The van der Waals surface area contributed by atoms with Crippen LogP contribution in [0, 0.1) is 6.92 Å². The number of halogens is 1. The minimum Gasteiger partial charge on any atom is -0.370 e. The lowest BCUT2D eigenvalue weighted by molar-refractivity contribution is 0.273. The van der Waals surface area contributed by atoms with E-state index in [1.54, 1.807) is 0 Å². The third-order valence-corrected chi connectivity index (χ3v) is 4.81. The van der Waals surface area contributed by atoms with Crippen LogP contribution in [-0.4, -0.2) is 37.1 Å². The summed E-state index contributed by atoms with van der Waals surface area (Å²) < 4.78 is 0. The second kappa shape index (κ2) is 5.72. The van der Waals surface area contributed by atoms with Crippen molar-refractivity contribution in [3.63, 3.8) is 0 Å². The number of aryl methyl sites for hydroxylation is 1. The number of nitrogens with zero attached hydrogens (tertiary/aromatic N) is 2. The molecule has 0 amide bonds. The lowest BCUT2D eigenvalue weighted by Gasteiger charge is -2.29. The highest BCUT2D eigenvalue weighted by molar-refractivity contribution is 6.17. The highest BCUT2D eigenvalue weighted by atomic mass is 35.5. The fraction of sp³-hybridized carbons (Fsp3) is 0.625. The van der Waals surface area contributed by atoms with Crippen LogP contribution in [0.5, 0.6) is 0 Å². The van der Waals surface area contributed by atoms with Crippen molar-refractivity contribution < 1.29 is 0 Å². The van der Waals surface area contributed by atoms with Gasteiger partial charge in [0.25, 0.3) is 0 Å². The standard InChI is InChI=1S/C16H23ClN2/c1-13-5-6-16(14(10-13)11-17)19-9-3-8-18-7-2-4-15(18)12-19/h5-6,10,15H,2-4,7-9,11-12H2,1H3. The first-order valence-corrected chi connectivity index (χ1v) is 7.96. The van der Waals surface area contributed by atoms with E-state index in [9.17, 15) is 0 Å². The molecule has 1 unspecified atom stereocenters. The van der Waals surface area contributed by atoms with Crippen LogP contribution < -0.4 is 4.90 Å². The molecule has 0 radical (unpaired) electrons. The summed E-state index contributed by atoms with van der Waals surface area (Å²) >= 11 is 6.14. The van der Waals surface area contributed by atoms with Crippen molar-refractivity contribution in [2.24, 2.45) is 0 Å². The molecule has 0 aromatic heterocycles. The third kappa shape index (κ3) is 2.75. The van der Waals surface area contributed by atoms with Gasteiger partial charge in [0.2, 0.25) is 0 Å². The predicted octanol–water partition coefficient (Wildman–Crippen LogP) is 3.41. The monoisotopic (exact) mass is 278 g/mol. The van der Waals surface area contributed by atoms with Gasteiger partial charge >= 0.3 is 0 Å². The number of benzene rings is 1. The second-order valence-corrected chi connectivity index (χ2v) is 6.16. The Hall–Kier alpha value is -0.730. The molecule has 0 spiro atoms. The van der Waals surface area contributed by atoms with Gasteiger partial charge in [0.05, 0.1) is 0 Å². The van der Waals surface area contributed by atoms with Crippen LogP contribution in [0.4, 0.5) is 5.69 Å². The first-order valence-electron chi connectivity index (χ1n) is 7.42. The lowest BCUT2D eigenvalue weighted by atomic mass is 10.1. The summed E-state index contributed by atoms with van der Waals surface area (Å²) in [5.41, 5.74) is 3.94. The molecule has 1 aromatic carbocycles. The molecule has 19 heavy (non-hydrogen) atoms. The maximum atomic E-state index is 6.14. The van der Waals surface area contributed by atoms with E-state index in [0.29, 0.717) is 5.88 Å². The molecule has 2 aliphatic heterocycles. The fourth-order valence-corrected chi connectivity index (χ4v) is 3.77. The zero-order valence-electron chi connectivity index (χ0n) is 11.7. The van der Waals surface area contributed by atoms with Gasteiger partial charge in [-0.1, -0.05) is 17.7 Å². The molecule has 3 heteroatoms. The zero-order chi connectivity index (χ0) is 13.2. The predicted molar refractivity (Wildman–Crippen MR) is 82.2 cm³/mol. The van der Waals surface area contributed by atoms with Crippen molar-refractivity contribution in [2.75, 3.05) is 31.1 Å². The van der Waals surface area contributed by atoms with Crippen molar-refractivity contribution in [1.29, 1.82) is 0 Å². The average Bonchev–Trinajstić information content (AvgIpc) is 2.76. The van der Waals surface area contributed by atoms with Gasteiger partial charge in [-0.25, -0.2) is 0 Å². The van der Waals surface area contributed by atoms with Crippen LogP contribution in [-0.2, 0) is 5.88 Å². The van der Waals surface area contributed by atoms with Gasteiger partial charge in [-0.05, 0) is 44.4 Å². The van der Waals surface area contributed by atoms with Crippen molar-refractivity contribution in [2.45, 2.75) is 38.1 Å². The maximum absolute atomic E-state index is 6.14. The van der Waals surface area contributed by atoms with E-state index in [1.165, 1.54) is 62.3 Å². The largest absolute Gasteiger partial charge is 0.370 e. The van der Waals surface area contributed by atoms with Crippen LogP contribution in [0.2, 0.25) is 0 Å². The number of fused-ring (bicyclic) bond motifs is 1. The highest BCUT2D eigenvalue weighted by Crippen LogP contribution is 2.28. The molecule has 0 N–H and O–H groups in total. The summed E-state index contributed by atoms with van der Waals surface area (Å²) in [6.45, 7) is 7.05. The van der Waals surface area contributed by atoms with Crippen LogP contribution >= 0.6 is 11.6 Å². The molecule has 2 aliphatic rings. The van der Waals surface area contributed by atoms with Crippen LogP contribution in [0.3, 0.4) is 0 Å². The Morgan fingerprint density at radius 2 is 2.05 bits per heavy atom. The quantitative estimate of drug-likeness (QED) is 0.765. The SMILES string of the molecule is Cc1ccc(N2CCCN3CCCC3C2)c(CCl)c1. The van der Waals surface area contributed by atoms with Gasteiger partial charge in [0.15, 0.2) is 0 Å². The third-order valence-electron chi connectivity index (χ3n) is 4.52. The Bertz CT molecular complexity index is 446. The fourth-order valence-electron chi connectivity index (χ4n) is 3.56. The Balaban J connectivity index is 1.84. The molecule has 2 heterocycles. The van der Waals surface area contributed by atoms with E-state index < -0.39 is 0 Å². The second-order valence-electron chi connectivity index (χ2n) is 5.90. The smallest absolute Gasteiger partial charge is 0.0494 e. The molecule has 2 saturated heterocycles. The summed E-state index contributed by atoms with van der Waals surface area (Å²) in [5, 5.41) is 0. The molecule has 2 fully saturated rings. The number of rotatable bonds is 2. The summed E-state index contributed by atoms with van der Waals surface area (Å²) in [6, 6.07) is 7.46. The Labute approximate surface area is 121 Å². The van der Waals surface area contributed by atoms with E-state index in [4.69, 9.17) is 11.6 Å². The van der Waals surface area contributed by atoms with Crippen molar-refractivity contribution in [3.05, 3.63) is 29.3 Å². The topological polar surface area (TPSA) is 6.48 Å². The molecule has 0 bridgehead atoms. The summed E-state index contributed by atoms with van der Waals surface area (Å²) in [4.78, 5) is 5.24. The van der Waals surface area contributed by atoms with Gasteiger partial charge in [-0.2, -0.15) is 0 Å². The van der Waals surface area contributed by atoms with Crippen molar-refractivity contribution >= 4 is 17.3 Å². The van der Waals surface area contributed by atoms with E-state index in [0.717, 1.165) is 6.04 Å². The van der Waals surface area contributed by atoms with Gasteiger partial charge in [0.1, 0.15) is 0 Å².